The normalized spacial score (nSPS) is 18.1. The molecule has 1 saturated heterocycles. The minimum absolute atomic E-state index is 0.0663. The van der Waals surface area contributed by atoms with Crippen LogP contribution in [0.4, 0.5) is 0 Å². The molecule has 3 aromatic rings. The summed E-state index contributed by atoms with van der Waals surface area (Å²) in [6, 6.07) is 5.55. The molecule has 0 radical (unpaired) electrons. The third-order valence-corrected chi connectivity index (χ3v) is 9.31. The van der Waals surface area contributed by atoms with Gasteiger partial charge < -0.3 is 15.1 Å². The van der Waals surface area contributed by atoms with Gasteiger partial charge in [0.25, 0.3) is 15.9 Å². The second-order valence-corrected chi connectivity index (χ2v) is 12.5. The maximum atomic E-state index is 13.2. The molecule has 0 bridgehead atoms. The van der Waals surface area contributed by atoms with Gasteiger partial charge in [-0.05, 0) is 38.2 Å². The Bertz CT molecular complexity index is 1400. The molecule has 0 saturated carbocycles. The van der Waals surface area contributed by atoms with Crippen molar-refractivity contribution in [2.75, 3.05) is 13.1 Å². The first-order chi connectivity index (χ1) is 17.6. The maximum Gasteiger partial charge on any atom is 0.287 e. The van der Waals surface area contributed by atoms with Crippen molar-refractivity contribution in [2.24, 2.45) is 5.92 Å². The Morgan fingerprint density at radius 2 is 2.03 bits per heavy atom. The zero-order valence-corrected chi connectivity index (χ0v) is 22.5. The van der Waals surface area contributed by atoms with E-state index in [0.29, 0.717) is 30.4 Å². The van der Waals surface area contributed by atoms with Crippen LogP contribution in [0.25, 0.3) is 11.0 Å². The van der Waals surface area contributed by atoms with Crippen molar-refractivity contribution in [3.63, 3.8) is 0 Å². The molecule has 2 atom stereocenters. The molecule has 1 fully saturated rings. The first kappa shape index (κ1) is 27.0. The van der Waals surface area contributed by atoms with Crippen molar-refractivity contribution in [1.29, 1.82) is 0 Å². The van der Waals surface area contributed by atoms with Gasteiger partial charge in [-0.25, -0.2) is 13.4 Å². The van der Waals surface area contributed by atoms with Gasteiger partial charge in [0, 0.05) is 29.1 Å². The average Bonchev–Trinajstić information content (AvgIpc) is 3.47. The number of nitrogens with zero attached hydrogens (tertiary/aromatic N) is 2. The number of para-hydroxylation sites is 1. The van der Waals surface area contributed by atoms with E-state index >= 15 is 0 Å². The van der Waals surface area contributed by atoms with Gasteiger partial charge in [0.15, 0.2) is 11.5 Å². The lowest BCUT2D eigenvalue weighted by Gasteiger charge is -2.23. The van der Waals surface area contributed by atoms with Crippen LogP contribution in [0, 0.1) is 12.8 Å². The Kier molecular flexibility index (Phi) is 8.10. The number of benzene rings is 1. The number of ketones is 1. The maximum absolute atomic E-state index is 13.2. The van der Waals surface area contributed by atoms with Crippen molar-refractivity contribution < 1.29 is 27.2 Å². The van der Waals surface area contributed by atoms with Gasteiger partial charge in [0.05, 0.1) is 12.6 Å². The summed E-state index contributed by atoms with van der Waals surface area (Å²) < 4.78 is 32.4. The first-order valence-corrected chi connectivity index (χ1v) is 14.4. The van der Waals surface area contributed by atoms with E-state index in [2.05, 4.69) is 15.6 Å². The van der Waals surface area contributed by atoms with Crippen molar-refractivity contribution in [3.05, 3.63) is 47.2 Å². The van der Waals surface area contributed by atoms with Crippen molar-refractivity contribution in [3.8, 4) is 0 Å². The Labute approximate surface area is 219 Å². The number of carbonyl (C=O) groups is 3. The third-order valence-electron chi connectivity index (χ3n) is 6.29. The summed E-state index contributed by atoms with van der Waals surface area (Å²) in [4.78, 5) is 43.2. The van der Waals surface area contributed by atoms with Crippen LogP contribution in [0.2, 0.25) is 0 Å². The third kappa shape index (κ3) is 5.91. The van der Waals surface area contributed by atoms with E-state index in [1.165, 1.54) is 6.20 Å². The predicted molar refractivity (Wildman–Crippen MR) is 139 cm³/mol. The number of hydrogen-bond acceptors (Lipinski definition) is 8. The number of rotatable bonds is 8. The van der Waals surface area contributed by atoms with E-state index in [1.54, 1.807) is 18.4 Å². The van der Waals surface area contributed by atoms with Gasteiger partial charge in [0.2, 0.25) is 10.2 Å². The van der Waals surface area contributed by atoms with Crippen molar-refractivity contribution in [2.45, 2.75) is 56.5 Å². The van der Waals surface area contributed by atoms with Gasteiger partial charge in [0.1, 0.15) is 11.6 Å². The number of hydrogen-bond donors (Lipinski definition) is 2. The number of Topliss-reactive ketones (excluding diaryl/α,β-unsaturated/α-hetero) is 1. The number of aryl methyl sites for hydroxylation is 1. The van der Waals surface area contributed by atoms with Crippen LogP contribution < -0.4 is 10.6 Å². The molecule has 1 aliphatic heterocycles. The smallest absolute Gasteiger partial charge is 0.287 e. The van der Waals surface area contributed by atoms with Gasteiger partial charge >= 0.3 is 0 Å². The molecular weight excluding hydrogens is 516 g/mol. The van der Waals surface area contributed by atoms with Gasteiger partial charge in [-0.15, -0.1) is 11.3 Å². The average molecular weight is 547 g/mol. The molecule has 1 aliphatic rings. The largest absolute Gasteiger partial charge is 0.451 e. The summed E-state index contributed by atoms with van der Waals surface area (Å²) in [7, 11) is -3.88. The fraction of sp³-hybridized carbons (Fsp3) is 0.440. The molecule has 2 N–H and O–H groups in total. The summed E-state index contributed by atoms with van der Waals surface area (Å²) >= 11 is 0.989. The highest BCUT2D eigenvalue weighted by Crippen LogP contribution is 2.25. The summed E-state index contributed by atoms with van der Waals surface area (Å²) in [5.74, 6) is -1.20. The molecule has 2 aromatic heterocycles. The molecule has 4 rings (SSSR count). The van der Waals surface area contributed by atoms with E-state index < -0.39 is 39.7 Å². The lowest BCUT2D eigenvalue weighted by molar-refractivity contribution is -0.129. The highest BCUT2D eigenvalue weighted by Gasteiger charge is 2.35. The van der Waals surface area contributed by atoms with Gasteiger partial charge in [-0.1, -0.05) is 32.0 Å². The Hall–Kier alpha value is -3.09. The molecule has 0 aliphatic carbocycles. The van der Waals surface area contributed by atoms with Gasteiger partial charge in [-0.2, -0.15) is 4.31 Å². The number of thiazole rings is 1. The van der Waals surface area contributed by atoms with E-state index in [-0.39, 0.29) is 29.1 Å². The van der Waals surface area contributed by atoms with Crippen LogP contribution in [0.15, 0.2) is 44.6 Å². The van der Waals surface area contributed by atoms with E-state index in [4.69, 9.17) is 4.42 Å². The molecule has 198 valence electrons. The predicted octanol–water partition coefficient (Wildman–Crippen LogP) is 2.88. The van der Waals surface area contributed by atoms with E-state index in [0.717, 1.165) is 21.0 Å². The summed E-state index contributed by atoms with van der Waals surface area (Å²) in [5, 5.41) is 7.90. The monoisotopic (exact) mass is 546 g/mol. The van der Waals surface area contributed by atoms with E-state index in [9.17, 15) is 22.8 Å². The van der Waals surface area contributed by atoms with Crippen molar-refractivity contribution in [1.82, 2.24) is 19.9 Å². The van der Waals surface area contributed by atoms with Crippen molar-refractivity contribution >= 4 is 49.9 Å². The molecule has 37 heavy (non-hydrogen) atoms. The molecular formula is C25H30N4O6S2. The SMILES string of the molecule is Cc1c(C(=O)NC(CC(C)C)C(=O)N[C@H]2CCCN(S(=O)(=O)c3nccs3)CC2=O)oc2ccccc12. The lowest BCUT2D eigenvalue weighted by Crippen LogP contribution is -2.52. The van der Waals surface area contributed by atoms with Crippen LogP contribution in [0.3, 0.4) is 0 Å². The topological polar surface area (TPSA) is 139 Å². The molecule has 1 aromatic carbocycles. The minimum atomic E-state index is -3.88. The fourth-order valence-corrected chi connectivity index (χ4v) is 6.80. The Morgan fingerprint density at radius 3 is 2.70 bits per heavy atom. The molecule has 1 unspecified atom stereocenters. The van der Waals surface area contributed by atoms with Crippen LogP contribution in [-0.2, 0) is 19.6 Å². The number of nitrogens with one attached hydrogen (secondary N) is 2. The highest BCUT2D eigenvalue weighted by atomic mass is 32.2. The van der Waals surface area contributed by atoms with Crippen LogP contribution in [0.1, 0.15) is 49.2 Å². The quantitative estimate of drug-likeness (QED) is 0.443. The van der Waals surface area contributed by atoms with Crippen LogP contribution >= 0.6 is 11.3 Å². The minimum Gasteiger partial charge on any atom is -0.451 e. The number of fused-ring (bicyclic) bond motifs is 1. The fourth-order valence-electron chi connectivity index (χ4n) is 4.39. The zero-order chi connectivity index (χ0) is 26.7. The number of sulfonamides is 1. The van der Waals surface area contributed by atoms with Crippen LogP contribution in [-0.4, -0.2) is 60.5 Å². The highest BCUT2D eigenvalue weighted by molar-refractivity contribution is 7.91. The first-order valence-electron chi connectivity index (χ1n) is 12.1. The molecule has 2 amide bonds. The lowest BCUT2D eigenvalue weighted by atomic mass is 10.0. The standard InChI is InChI=1S/C25H30N4O6S2/c1-15(2)13-19(28-24(32)22-16(3)17-7-4-5-9-21(17)35-22)23(31)27-18-8-6-11-29(14-20(18)30)37(33,34)25-26-10-12-36-25/h4-5,7,9-10,12,15,18-19H,6,8,11,13-14H2,1-3H3,(H,27,31)(H,28,32)/t18-,19?/m0/s1. The summed E-state index contributed by atoms with van der Waals surface area (Å²) in [6.07, 6.45) is 2.43. The van der Waals surface area contributed by atoms with E-state index in [1.807, 2.05) is 32.0 Å². The molecule has 3 heterocycles. The molecule has 10 nitrogen and oxygen atoms in total. The second-order valence-electron chi connectivity index (χ2n) is 9.51. The molecule has 0 spiro atoms. The number of carbonyl (C=O) groups excluding carboxylic acids is 3. The Balaban J connectivity index is 1.46. The van der Waals surface area contributed by atoms with Crippen LogP contribution in [0.5, 0.6) is 0 Å². The zero-order valence-electron chi connectivity index (χ0n) is 20.9. The molecule has 12 heteroatoms. The second kappa shape index (κ2) is 11.1. The Morgan fingerprint density at radius 1 is 1.27 bits per heavy atom. The summed E-state index contributed by atoms with van der Waals surface area (Å²) in [5.41, 5.74) is 1.26. The summed E-state index contributed by atoms with van der Waals surface area (Å²) in [6.45, 7) is 5.44. The number of furan rings is 1. The number of amides is 2. The number of aromatic nitrogens is 1. The van der Waals surface area contributed by atoms with Gasteiger partial charge in [-0.3, -0.25) is 14.4 Å².